The molecule has 0 aliphatic carbocycles. The van der Waals surface area contributed by atoms with Gasteiger partial charge in [0.1, 0.15) is 0 Å². The van der Waals surface area contributed by atoms with Crippen molar-refractivity contribution in [2.45, 2.75) is 36.8 Å². The first-order valence-corrected chi connectivity index (χ1v) is 9.79. The fourth-order valence-corrected chi connectivity index (χ4v) is 3.59. The normalized spacial score (nSPS) is 11.4. The van der Waals surface area contributed by atoms with Crippen LogP contribution in [0, 0.1) is 6.92 Å². The molecule has 0 saturated heterocycles. The summed E-state index contributed by atoms with van der Waals surface area (Å²) in [6, 6.07) is 17.8. The minimum absolute atomic E-state index is 0.0798. The zero-order valence-corrected chi connectivity index (χ0v) is 16.5. The molecule has 1 amide bonds. The van der Waals surface area contributed by atoms with Crippen molar-refractivity contribution in [1.82, 2.24) is 15.5 Å². The lowest BCUT2D eigenvalue weighted by Gasteiger charge is -2.25. The molecule has 0 bridgehead atoms. The fraction of sp³-hybridized carbons (Fsp3) is 0.286. The molecule has 2 aromatic carbocycles. The van der Waals surface area contributed by atoms with Crippen LogP contribution in [0.25, 0.3) is 0 Å². The van der Waals surface area contributed by atoms with Crippen LogP contribution in [0.3, 0.4) is 0 Å². The molecule has 6 heteroatoms. The maximum Gasteiger partial charge on any atom is 0.252 e. The summed E-state index contributed by atoms with van der Waals surface area (Å²) in [5.41, 5.74) is 1.70. The largest absolute Gasteiger partial charge is 0.351 e. The third kappa shape index (κ3) is 4.98. The van der Waals surface area contributed by atoms with Crippen LogP contribution in [-0.2, 0) is 11.2 Å². The molecule has 0 fully saturated rings. The average molecular weight is 382 g/mol. The second-order valence-electron chi connectivity index (χ2n) is 6.95. The Morgan fingerprint density at radius 3 is 2.52 bits per heavy atom. The molecule has 140 valence electrons. The van der Waals surface area contributed by atoms with E-state index >= 15 is 0 Å². The van der Waals surface area contributed by atoms with Crippen molar-refractivity contribution in [2.24, 2.45) is 0 Å². The molecule has 1 N–H and O–H groups in total. The Balaban J connectivity index is 1.66. The van der Waals surface area contributed by atoms with Gasteiger partial charge in [0.15, 0.2) is 5.82 Å². The van der Waals surface area contributed by atoms with Gasteiger partial charge in [-0.05, 0) is 24.6 Å². The first-order chi connectivity index (χ1) is 13.0. The second-order valence-corrected chi connectivity index (χ2v) is 7.97. The number of rotatable bonds is 7. The zero-order valence-electron chi connectivity index (χ0n) is 15.7. The van der Waals surface area contributed by atoms with Gasteiger partial charge in [-0.2, -0.15) is 4.98 Å². The Bertz CT molecular complexity index is 907. The Morgan fingerprint density at radius 2 is 1.81 bits per heavy atom. The van der Waals surface area contributed by atoms with E-state index in [9.17, 15) is 4.79 Å². The lowest BCUT2D eigenvalue weighted by atomic mass is 9.84. The number of carbonyl (C=O) groups excluding carboxylic acids is 1. The van der Waals surface area contributed by atoms with E-state index in [4.69, 9.17) is 4.52 Å². The van der Waals surface area contributed by atoms with Crippen LogP contribution in [0.15, 0.2) is 64.0 Å². The molecule has 0 atom stereocenters. The molecular formula is C21H23N3O2S. The number of carbonyl (C=O) groups is 1. The van der Waals surface area contributed by atoms with Crippen molar-refractivity contribution in [3.8, 4) is 0 Å². The second kappa shape index (κ2) is 8.39. The summed E-state index contributed by atoms with van der Waals surface area (Å²) >= 11 is 1.51. The van der Waals surface area contributed by atoms with Crippen molar-refractivity contribution in [3.63, 3.8) is 0 Å². The predicted octanol–water partition coefficient (Wildman–Crippen LogP) is 4.38. The summed E-state index contributed by atoms with van der Waals surface area (Å²) in [5.74, 6) is 1.61. The van der Waals surface area contributed by atoms with Crippen LogP contribution in [0.4, 0.5) is 0 Å². The molecule has 0 radical (unpaired) electrons. The molecular weight excluding hydrogens is 358 g/mol. The van der Waals surface area contributed by atoms with Crippen LogP contribution in [0.2, 0.25) is 0 Å². The summed E-state index contributed by atoms with van der Waals surface area (Å²) in [6.45, 7) is 6.59. The number of benzene rings is 2. The Morgan fingerprint density at radius 1 is 1.11 bits per heavy atom. The highest BCUT2D eigenvalue weighted by Gasteiger charge is 2.22. The van der Waals surface area contributed by atoms with Gasteiger partial charge < -0.3 is 9.84 Å². The maximum absolute atomic E-state index is 12.8. The number of nitrogens with one attached hydrogen (secondary N) is 1. The third-order valence-electron chi connectivity index (χ3n) is 4.30. The van der Waals surface area contributed by atoms with Gasteiger partial charge in [-0.1, -0.05) is 61.5 Å². The predicted molar refractivity (Wildman–Crippen MR) is 107 cm³/mol. The molecule has 0 unspecified atom stereocenters. The molecule has 0 saturated carbocycles. The van der Waals surface area contributed by atoms with E-state index in [1.54, 1.807) is 6.92 Å². The quantitative estimate of drug-likeness (QED) is 0.615. The fourth-order valence-electron chi connectivity index (χ4n) is 2.71. The van der Waals surface area contributed by atoms with Crippen molar-refractivity contribution >= 4 is 17.7 Å². The summed E-state index contributed by atoms with van der Waals surface area (Å²) < 4.78 is 5.15. The van der Waals surface area contributed by atoms with Gasteiger partial charge in [-0.3, -0.25) is 4.79 Å². The summed E-state index contributed by atoms with van der Waals surface area (Å²) in [4.78, 5) is 17.9. The lowest BCUT2D eigenvalue weighted by molar-refractivity contribution is 0.0942. The number of aromatic nitrogens is 2. The van der Waals surface area contributed by atoms with Crippen LogP contribution < -0.4 is 5.32 Å². The molecule has 0 aliphatic rings. The maximum atomic E-state index is 12.8. The standard InChI is InChI=1S/C21H23N3O2S/c1-15-23-19(26-24-15)13-27-18-12-8-7-11-17(18)20(25)22-14-21(2,3)16-9-5-4-6-10-16/h4-12H,13-14H2,1-3H3,(H,22,25). The molecule has 0 spiro atoms. The van der Waals surface area contributed by atoms with Crippen LogP contribution in [0.5, 0.6) is 0 Å². The van der Waals surface area contributed by atoms with E-state index < -0.39 is 0 Å². The van der Waals surface area contributed by atoms with E-state index in [2.05, 4.69) is 41.4 Å². The monoisotopic (exact) mass is 381 g/mol. The highest BCUT2D eigenvalue weighted by molar-refractivity contribution is 7.98. The first kappa shape index (κ1) is 19.2. The average Bonchev–Trinajstić information content (AvgIpc) is 3.11. The smallest absolute Gasteiger partial charge is 0.252 e. The van der Waals surface area contributed by atoms with Crippen molar-refractivity contribution in [1.29, 1.82) is 0 Å². The SMILES string of the molecule is Cc1noc(CSc2ccccc2C(=O)NCC(C)(C)c2ccccc2)n1. The first-order valence-electron chi connectivity index (χ1n) is 8.80. The highest BCUT2D eigenvalue weighted by atomic mass is 32.2. The number of amides is 1. The van der Waals surface area contributed by atoms with Gasteiger partial charge in [-0.25, -0.2) is 0 Å². The molecule has 1 heterocycles. The van der Waals surface area contributed by atoms with Crippen LogP contribution >= 0.6 is 11.8 Å². The number of thioether (sulfide) groups is 1. The van der Waals surface area contributed by atoms with Crippen LogP contribution in [-0.4, -0.2) is 22.6 Å². The zero-order chi connectivity index (χ0) is 19.3. The molecule has 3 aromatic rings. The Labute approximate surface area is 163 Å². The molecule has 1 aromatic heterocycles. The van der Waals surface area contributed by atoms with Gasteiger partial charge in [0.25, 0.3) is 5.91 Å². The van der Waals surface area contributed by atoms with E-state index in [-0.39, 0.29) is 11.3 Å². The van der Waals surface area contributed by atoms with E-state index in [1.165, 1.54) is 17.3 Å². The number of hydrogen-bond donors (Lipinski definition) is 1. The van der Waals surface area contributed by atoms with Crippen molar-refractivity contribution in [2.75, 3.05) is 6.54 Å². The van der Waals surface area contributed by atoms with Gasteiger partial charge in [0, 0.05) is 16.9 Å². The number of aryl methyl sites for hydroxylation is 1. The highest BCUT2D eigenvalue weighted by Crippen LogP contribution is 2.26. The molecule has 5 nitrogen and oxygen atoms in total. The van der Waals surface area contributed by atoms with E-state index in [0.717, 1.165) is 4.90 Å². The van der Waals surface area contributed by atoms with Gasteiger partial charge >= 0.3 is 0 Å². The van der Waals surface area contributed by atoms with E-state index in [0.29, 0.717) is 29.6 Å². The minimum Gasteiger partial charge on any atom is -0.351 e. The Hall–Kier alpha value is -2.60. The van der Waals surface area contributed by atoms with Crippen molar-refractivity contribution in [3.05, 3.63) is 77.4 Å². The molecule has 27 heavy (non-hydrogen) atoms. The molecule has 0 aliphatic heterocycles. The third-order valence-corrected chi connectivity index (χ3v) is 5.36. The summed E-state index contributed by atoms with van der Waals surface area (Å²) in [6.07, 6.45) is 0. The Kier molecular flexibility index (Phi) is 5.96. The number of hydrogen-bond acceptors (Lipinski definition) is 5. The van der Waals surface area contributed by atoms with E-state index in [1.807, 2.05) is 42.5 Å². The summed E-state index contributed by atoms with van der Waals surface area (Å²) in [5, 5.41) is 6.87. The van der Waals surface area contributed by atoms with Crippen molar-refractivity contribution < 1.29 is 9.32 Å². The minimum atomic E-state index is -0.152. The summed E-state index contributed by atoms with van der Waals surface area (Å²) in [7, 11) is 0. The van der Waals surface area contributed by atoms with Gasteiger partial charge in [0.2, 0.25) is 5.89 Å². The lowest BCUT2D eigenvalue weighted by Crippen LogP contribution is -2.36. The molecule has 3 rings (SSSR count). The number of nitrogens with zero attached hydrogens (tertiary/aromatic N) is 2. The topological polar surface area (TPSA) is 68.0 Å². The van der Waals surface area contributed by atoms with Gasteiger partial charge in [0.05, 0.1) is 11.3 Å². The van der Waals surface area contributed by atoms with Crippen LogP contribution in [0.1, 0.15) is 41.5 Å². The van der Waals surface area contributed by atoms with Gasteiger partial charge in [-0.15, -0.1) is 11.8 Å².